The number of ether oxygens (including phenoxy) is 2. The fourth-order valence-corrected chi connectivity index (χ4v) is 5.28. The zero-order chi connectivity index (χ0) is 21.3. The second-order valence-corrected chi connectivity index (χ2v) is 10.2. The van der Waals surface area contributed by atoms with E-state index >= 15 is 0 Å². The second-order valence-electron chi connectivity index (χ2n) is 9.72. The maximum Gasteiger partial charge on any atom is 0.410 e. The number of halogens is 1. The molecular formula is C22H28ClN3O4. The lowest BCUT2D eigenvalue weighted by Crippen LogP contribution is -2.39. The minimum absolute atomic E-state index is 0.0269. The van der Waals surface area contributed by atoms with Crippen LogP contribution in [-0.4, -0.2) is 51.2 Å². The first kappa shape index (κ1) is 20.1. The highest BCUT2D eigenvalue weighted by Gasteiger charge is 2.70. The van der Waals surface area contributed by atoms with E-state index < -0.39 is 11.2 Å². The summed E-state index contributed by atoms with van der Waals surface area (Å²) in [6.07, 6.45) is 4.47. The molecule has 0 spiro atoms. The second kappa shape index (κ2) is 6.84. The third kappa shape index (κ3) is 3.18. The summed E-state index contributed by atoms with van der Waals surface area (Å²) in [5.41, 5.74) is 0.149. The number of rotatable bonds is 2. The van der Waals surface area contributed by atoms with Gasteiger partial charge in [0, 0.05) is 41.9 Å². The van der Waals surface area contributed by atoms with Crippen LogP contribution in [0.15, 0.2) is 18.3 Å². The first-order valence-corrected chi connectivity index (χ1v) is 11.1. The average molecular weight is 434 g/mol. The van der Waals surface area contributed by atoms with Gasteiger partial charge >= 0.3 is 6.09 Å². The van der Waals surface area contributed by atoms with Crippen LogP contribution in [0.1, 0.15) is 51.8 Å². The Morgan fingerprint density at radius 2 is 2.03 bits per heavy atom. The van der Waals surface area contributed by atoms with E-state index in [0.717, 1.165) is 42.3 Å². The van der Waals surface area contributed by atoms with E-state index in [4.69, 9.17) is 21.1 Å². The zero-order valence-corrected chi connectivity index (χ0v) is 18.4. The van der Waals surface area contributed by atoms with Crippen molar-refractivity contribution < 1.29 is 19.4 Å². The van der Waals surface area contributed by atoms with E-state index in [2.05, 4.69) is 5.10 Å². The van der Waals surface area contributed by atoms with Crippen LogP contribution in [0.4, 0.5) is 4.79 Å². The molecule has 3 aliphatic rings. The van der Waals surface area contributed by atoms with Crippen LogP contribution in [0.5, 0.6) is 0 Å². The zero-order valence-electron chi connectivity index (χ0n) is 17.6. The molecule has 2 aliphatic heterocycles. The number of nitrogens with zero attached hydrogens (tertiary/aromatic N) is 3. The van der Waals surface area contributed by atoms with Crippen LogP contribution in [0.3, 0.4) is 0 Å². The number of carbonyl (C=O) groups is 1. The molecule has 1 aliphatic carbocycles. The van der Waals surface area contributed by atoms with Gasteiger partial charge in [0.15, 0.2) is 6.23 Å². The summed E-state index contributed by atoms with van der Waals surface area (Å²) in [5.74, 6) is -0.0538. The monoisotopic (exact) mass is 433 g/mol. The van der Waals surface area contributed by atoms with E-state index in [-0.39, 0.29) is 24.2 Å². The lowest BCUT2D eigenvalue weighted by atomic mass is 9.99. The molecule has 5 rings (SSSR count). The number of fused-ring (bicyclic) bond motifs is 2. The molecule has 8 heteroatoms. The van der Waals surface area contributed by atoms with Crippen LogP contribution < -0.4 is 0 Å². The predicted molar refractivity (Wildman–Crippen MR) is 112 cm³/mol. The van der Waals surface area contributed by atoms with E-state index in [1.54, 1.807) is 11.1 Å². The van der Waals surface area contributed by atoms with Crippen molar-refractivity contribution in [2.45, 2.75) is 57.5 Å². The Kier molecular flexibility index (Phi) is 4.58. The number of likely N-dealkylation sites (tertiary alicyclic amines) is 1. The summed E-state index contributed by atoms with van der Waals surface area (Å²) in [7, 11) is 0. The third-order valence-electron chi connectivity index (χ3n) is 6.53. The Balaban J connectivity index is 1.41. The molecule has 1 aromatic heterocycles. The number of aliphatic hydroxyl groups is 1. The largest absolute Gasteiger partial charge is 0.444 e. The van der Waals surface area contributed by atoms with Gasteiger partial charge in [-0.25, -0.2) is 9.48 Å². The molecule has 30 heavy (non-hydrogen) atoms. The lowest BCUT2D eigenvalue weighted by molar-refractivity contribution is -0.0366. The fraction of sp³-hybridized carbons (Fsp3) is 0.636. The number of amides is 1. The molecule has 0 bridgehead atoms. The van der Waals surface area contributed by atoms with E-state index in [0.29, 0.717) is 18.1 Å². The summed E-state index contributed by atoms with van der Waals surface area (Å²) in [5, 5.41) is 17.6. The van der Waals surface area contributed by atoms with Gasteiger partial charge in [-0.2, -0.15) is 5.10 Å². The molecule has 3 unspecified atom stereocenters. The van der Waals surface area contributed by atoms with Crippen LogP contribution in [0, 0.1) is 11.8 Å². The van der Waals surface area contributed by atoms with Gasteiger partial charge in [-0.3, -0.25) is 0 Å². The third-order valence-corrected chi connectivity index (χ3v) is 6.75. The average Bonchev–Trinajstić information content (AvgIpc) is 3.08. The number of carbonyl (C=O) groups excluding carboxylic acids is 1. The Morgan fingerprint density at radius 3 is 2.67 bits per heavy atom. The SMILES string of the molecule is CC(C)(C)OC(=O)N1CC2C(C1)C2(O)c1cc(Cl)cc2c1cnn2C1CCCCO1. The van der Waals surface area contributed by atoms with Crippen LogP contribution in [0.25, 0.3) is 10.9 Å². The normalized spacial score (nSPS) is 31.1. The quantitative estimate of drug-likeness (QED) is 0.772. The molecule has 162 valence electrons. The highest BCUT2D eigenvalue weighted by molar-refractivity contribution is 6.31. The summed E-state index contributed by atoms with van der Waals surface area (Å²) in [6.45, 7) is 7.25. The smallest absolute Gasteiger partial charge is 0.410 e. The Labute approximate surface area is 180 Å². The van der Waals surface area contributed by atoms with E-state index in [9.17, 15) is 9.90 Å². The van der Waals surface area contributed by atoms with Crippen molar-refractivity contribution in [3.8, 4) is 0 Å². The predicted octanol–water partition coefficient (Wildman–Crippen LogP) is 4.07. The first-order valence-electron chi connectivity index (χ1n) is 10.7. The molecule has 3 atom stereocenters. The van der Waals surface area contributed by atoms with Crippen LogP contribution in [-0.2, 0) is 15.1 Å². The number of piperidine rings is 1. The number of aromatic nitrogens is 2. The van der Waals surface area contributed by atoms with Gasteiger partial charge < -0.3 is 19.5 Å². The maximum atomic E-state index is 12.4. The van der Waals surface area contributed by atoms with Crippen molar-refractivity contribution in [2.75, 3.05) is 19.7 Å². The molecule has 1 aromatic carbocycles. The number of hydrogen-bond donors (Lipinski definition) is 1. The molecule has 0 radical (unpaired) electrons. The first-order chi connectivity index (χ1) is 14.2. The molecule has 1 saturated carbocycles. The molecule has 1 N–H and O–H groups in total. The summed E-state index contributed by atoms with van der Waals surface area (Å²) in [4.78, 5) is 14.1. The van der Waals surface area contributed by atoms with Gasteiger partial charge in [0.1, 0.15) is 11.2 Å². The van der Waals surface area contributed by atoms with Gasteiger partial charge in [0.2, 0.25) is 0 Å². The standard InChI is InChI=1S/C22H28ClN3O4/c1-21(2,3)30-20(27)25-11-16-17(12-25)22(16,28)15-8-13(23)9-18-14(15)10-24-26(18)19-6-4-5-7-29-19/h8-10,16-17,19,28H,4-7,11-12H2,1-3H3. The van der Waals surface area contributed by atoms with Gasteiger partial charge in [-0.15, -0.1) is 0 Å². The molecular weight excluding hydrogens is 406 g/mol. The van der Waals surface area contributed by atoms with Gasteiger partial charge in [0.05, 0.1) is 11.7 Å². The van der Waals surface area contributed by atoms with E-state index in [1.807, 2.05) is 37.6 Å². The molecule has 3 heterocycles. The topological polar surface area (TPSA) is 76.8 Å². The van der Waals surface area contributed by atoms with Crippen molar-refractivity contribution >= 4 is 28.6 Å². The minimum atomic E-state index is -0.997. The maximum absolute atomic E-state index is 12.4. The summed E-state index contributed by atoms with van der Waals surface area (Å²) >= 11 is 6.46. The van der Waals surface area contributed by atoms with Gasteiger partial charge in [-0.05, 0) is 57.7 Å². The van der Waals surface area contributed by atoms with Crippen molar-refractivity contribution in [2.24, 2.45) is 11.8 Å². The Bertz CT molecular complexity index is 980. The Morgan fingerprint density at radius 1 is 1.30 bits per heavy atom. The fourth-order valence-electron chi connectivity index (χ4n) is 5.07. The highest BCUT2D eigenvalue weighted by Crippen LogP contribution is 2.63. The van der Waals surface area contributed by atoms with Crippen molar-refractivity contribution in [3.63, 3.8) is 0 Å². The van der Waals surface area contributed by atoms with Crippen molar-refractivity contribution in [1.29, 1.82) is 0 Å². The molecule has 2 saturated heterocycles. The molecule has 7 nitrogen and oxygen atoms in total. The number of benzene rings is 1. The van der Waals surface area contributed by atoms with Gasteiger partial charge in [-0.1, -0.05) is 11.6 Å². The van der Waals surface area contributed by atoms with Crippen molar-refractivity contribution in [3.05, 3.63) is 28.9 Å². The lowest BCUT2D eigenvalue weighted by Gasteiger charge is -2.28. The van der Waals surface area contributed by atoms with E-state index in [1.165, 1.54) is 0 Å². The van der Waals surface area contributed by atoms with Crippen LogP contribution >= 0.6 is 11.6 Å². The number of hydrogen-bond acceptors (Lipinski definition) is 5. The molecule has 1 amide bonds. The minimum Gasteiger partial charge on any atom is -0.444 e. The van der Waals surface area contributed by atoms with Gasteiger partial charge in [0.25, 0.3) is 0 Å². The summed E-state index contributed by atoms with van der Waals surface area (Å²) < 4.78 is 13.3. The van der Waals surface area contributed by atoms with Crippen LogP contribution in [0.2, 0.25) is 5.02 Å². The molecule has 3 fully saturated rings. The molecule has 2 aromatic rings. The van der Waals surface area contributed by atoms with Crippen molar-refractivity contribution in [1.82, 2.24) is 14.7 Å². The highest BCUT2D eigenvalue weighted by atomic mass is 35.5. The summed E-state index contributed by atoms with van der Waals surface area (Å²) in [6, 6.07) is 3.73. The Hall–Kier alpha value is -1.83.